The minimum absolute atomic E-state index is 0.00861. The second-order valence-electron chi connectivity index (χ2n) is 8.07. The number of benzene rings is 3. The molecular weight excluding hydrogens is 432 g/mol. The van der Waals surface area contributed by atoms with Gasteiger partial charge in [-0.3, -0.25) is 0 Å². The van der Waals surface area contributed by atoms with Gasteiger partial charge >= 0.3 is 5.97 Å². The summed E-state index contributed by atoms with van der Waals surface area (Å²) in [5, 5.41) is 6.99. The van der Waals surface area contributed by atoms with Crippen LogP contribution in [0.2, 0.25) is 0 Å². The Labute approximate surface area is 198 Å². The van der Waals surface area contributed by atoms with E-state index < -0.39 is 6.23 Å². The van der Waals surface area contributed by atoms with Gasteiger partial charge in [-0.15, -0.1) is 0 Å². The number of hydrazone groups is 1. The molecule has 0 fully saturated rings. The average Bonchev–Trinajstić information content (AvgIpc) is 3.34. The van der Waals surface area contributed by atoms with Crippen molar-refractivity contribution in [2.24, 2.45) is 5.10 Å². The van der Waals surface area contributed by atoms with Crippen molar-refractivity contribution in [1.29, 1.82) is 0 Å². The largest absolute Gasteiger partial charge is 0.494 e. The Morgan fingerprint density at radius 2 is 1.82 bits per heavy atom. The van der Waals surface area contributed by atoms with Crippen LogP contribution in [0.3, 0.4) is 0 Å². The van der Waals surface area contributed by atoms with Gasteiger partial charge in [0.1, 0.15) is 5.75 Å². The van der Waals surface area contributed by atoms with Gasteiger partial charge in [0.05, 0.1) is 38.1 Å². The van der Waals surface area contributed by atoms with Crippen LogP contribution >= 0.6 is 0 Å². The Morgan fingerprint density at radius 3 is 2.50 bits per heavy atom. The zero-order valence-corrected chi connectivity index (χ0v) is 19.4. The van der Waals surface area contributed by atoms with E-state index in [2.05, 4.69) is 6.07 Å². The summed E-state index contributed by atoms with van der Waals surface area (Å²) >= 11 is 0. The van der Waals surface area contributed by atoms with Crippen LogP contribution < -0.4 is 14.2 Å². The highest BCUT2D eigenvalue weighted by Gasteiger charge is 2.42. The SMILES string of the molecule is CCOc1ccc(C2=NN3[C@@H](c4ccc(C(=O)OC)cc4)Oc4c(OC)cccc4[C@@H]3C2)cc1. The standard InChI is InChI=1S/C27H26N2O5/c1-4-33-20-14-12-17(13-15-20)22-16-23-21-6-5-7-24(31-2)25(21)34-26(29(23)28-22)18-8-10-19(11-9-18)27(30)32-3/h5-15,23,26H,4,16H2,1-3H3/t23-,26+/m0/s1. The summed E-state index contributed by atoms with van der Waals surface area (Å²) < 4.78 is 22.5. The first-order valence-corrected chi connectivity index (χ1v) is 11.2. The van der Waals surface area contributed by atoms with Crippen LogP contribution in [0, 0.1) is 0 Å². The molecule has 3 aromatic rings. The van der Waals surface area contributed by atoms with Gasteiger partial charge in [-0.25, -0.2) is 9.80 Å². The summed E-state index contributed by atoms with van der Waals surface area (Å²) in [5.74, 6) is 1.86. The fourth-order valence-corrected chi connectivity index (χ4v) is 4.45. The van der Waals surface area contributed by atoms with Crippen molar-refractivity contribution in [2.75, 3.05) is 20.8 Å². The summed E-state index contributed by atoms with van der Waals surface area (Å²) in [7, 11) is 3.01. The molecule has 7 heteroatoms. The number of carbonyl (C=O) groups is 1. The van der Waals surface area contributed by atoms with Crippen LogP contribution in [-0.2, 0) is 4.74 Å². The van der Waals surface area contributed by atoms with Crippen molar-refractivity contribution >= 4 is 11.7 Å². The molecule has 0 saturated heterocycles. The monoisotopic (exact) mass is 458 g/mol. The molecule has 0 aromatic heterocycles. The number of rotatable bonds is 6. The number of fused-ring (bicyclic) bond motifs is 3. The van der Waals surface area contributed by atoms with E-state index in [0.29, 0.717) is 17.9 Å². The number of nitrogens with zero attached hydrogens (tertiary/aromatic N) is 2. The van der Waals surface area contributed by atoms with Gasteiger partial charge in [0.25, 0.3) is 0 Å². The molecule has 0 radical (unpaired) electrons. The van der Waals surface area contributed by atoms with Gasteiger partial charge in [-0.1, -0.05) is 24.3 Å². The lowest BCUT2D eigenvalue weighted by Crippen LogP contribution is -2.33. The first-order chi connectivity index (χ1) is 16.6. The highest BCUT2D eigenvalue weighted by Crippen LogP contribution is 2.50. The molecule has 174 valence electrons. The third-order valence-corrected chi connectivity index (χ3v) is 6.12. The van der Waals surface area contributed by atoms with Gasteiger partial charge < -0.3 is 18.9 Å². The predicted molar refractivity (Wildman–Crippen MR) is 127 cm³/mol. The summed E-state index contributed by atoms with van der Waals surface area (Å²) in [6, 6.07) is 21.2. The Balaban J connectivity index is 1.54. The van der Waals surface area contributed by atoms with Gasteiger partial charge in [0.15, 0.2) is 11.5 Å². The Bertz CT molecular complexity index is 1220. The Kier molecular flexibility index (Phi) is 5.84. The number of hydrogen-bond donors (Lipinski definition) is 0. The Hall–Kier alpha value is -4.00. The molecular formula is C27H26N2O5. The van der Waals surface area contributed by atoms with Gasteiger partial charge in [-0.2, -0.15) is 5.10 Å². The minimum atomic E-state index is -0.472. The third-order valence-electron chi connectivity index (χ3n) is 6.12. The highest BCUT2D eigenvalue weighted by atomic mass is 16.5. The fourth-order valence-electron chi connectivity index (χ4n) is 4.45. The summed E-state index contributed by atoms with van der Waals surface area (Å²) in [4.78, 5) is 11.9. The molecule has 2 atom stereocenters. The number of para-hydroxylation sites is 1. The quantitative estimate of drug-likeness (QED) is 0.478. The molecule has 0 N–H and O–H groups in total. The highest BCUT2D eigenvalue weighted by molar-refractivity contribution is 6.02. The average molecular weight is 459 g/mol. The van der Waals surface area contributed by atoms with Crippen molar-refractivity contribution in [3.63, 3.8) is 0 Å². The van der Waals surface area contributed by atoms with E-state index in [0.717, 1.165) is 40.3 Å². The molecule has 34 heavy (non-hydrogen) atoms. The molecule has 2 aliphatic heterocycles. The van der Waals surface area contributed by atoms with E-state index in [1.807, 2.05) is 60.5 Å². The molecule has 0 bridgehead atoms. The van der Waals surface area contributed by atoms with E-state index in [1.165, 1.54) is 7.11 Å². The van der Waals surface area contributed by atoms with E-state index in [9.17, 15) is 4.79 Å². The van der Waals surface area contributed by atoms with Crippen molar-refractivity contribution in [2.45, 2.75) is 25.6 Å². The van der Waals surface area contributed by atoms with E-state index in [1.54, 1.807) is 19.2 Å². The Morgan fingerprint density at radius 1 is 1.06 bits per heavy atom. The molecule has 0 unspecified atom stereocenters. The topological polar surface area (TPSA) is 69.6 Å². The molecule has 2 aliphatic rings. The number of ether oxygens (including phenoxy) is 4. The van der Waals surface area contributed by atoms with Crippen LogP contribution in [0.15, 0.2) is 71.8 Å². The maximum absolute atomic E-state index is 11.9. The zero-order valence-electron chi connectivity index (χ0n) is 19.4. The molecule has 0 amide bonds. The lowest BCUT2D eigenvalue weighted by Gasteiger charge is -2.38. The molecule has 5 rings (SSSR count). The normalized spacial score (nSPS) is 18.3. The van der Waals surface area contributed by atoms with Crippen molar-refractivity contribution in [1.82, 2.24) is 5.01 Å². The molecule has 0 saturated carbocycles. The number of methoxy groups -OCH3 is 2. The number of hydrogen-bond acceptors (Lipinski definition) is 7. The van der Waals surface area contributed by atoms with Crippen LogP contribution in [-0.4, -0.2) is 37.5 Å². The summed E-state index contributed by atoms with van der Waals surface area (Å²) in [6.07, 6.45) is 0.259. The zero-order chi connectivity index (χ0) is 23.7. The van der Waals surface area contributed by atoms with Crippen molar-refractivity contribution in [3.8, 4) is 17.2 Å². The molecule has 0 aliphatic carbocycles. The van der Waals surface area contributed by atoms with Gasteiger partial charge in [0.2, 0.25) is 6.23 Å². The lowest BCUT2D eigenvalue weighted by molar-refractivity contribution is -0.0209. The second kappa shape index (κ2) is 9.09. The number of esters is 1. The van der Waals surface area contributed by atoms with E-state index in [4.69, 9.17) is 24.0 Å². The second-order valence-corrected chi connectivity index (χ2v) is 8.07. The first-order valence-electron chi connectivity index (χ1n) is 11.2. The summed E-state index contributed by atoms with van der Waals surface area (Å²) in [6.45, 7) is 2.60. The molecule has 3 aromatic carbocycles. The fraction of sp³-hybridized carbons (Fsp3) is 0.259. The first kappa shape index (κ1) is 21.8. The van der Waals surface area contributed by atoms with Gasteiger partial charge in [-0.05, 0) is 55.0 Å². The molecule has 7 nitrogen and oxygen atoms in total. The van der Waals surface area contributed by atoms with Crippen LogP contribution in [0.25, 0.3) is 0 Å². The third kappa shape index (κ3) is 3.83. The summed E-state index contributed by atoms with van der Waals surface area (Å²) in [5.41, 5.74) is 4.42. The minimum Gasteiger partial charge on any atom is -0.494 e. The number of carbonyl (C=O) groups excluding carboxylic acids is 1. The smallest absolute Gasteiger partial charge is 0.337 e. The van der Waals surface area contributed by atoms with Crippen LogP contribution in [0.4, 0.5) is 0 Å². The van der Waals surface area contributed by atoms with E-state index in [-0.39, 0.29) is 12.0 Å². The lowest BCUT2D eigenvalue weighted by atomic mass is 9.95. The van der Waals surface area contributed by atoms with E-state index >= 15 is 0 Å². The van der Waals surface area contributed by atoms with Crippen molar-refractivity contribution < 1.29 is 23.7 Å². The molecule has 0 spiro atoms. The van der Waals surface area contributed by atoms with Crippen molar-refractivity contribution in [3.05, 3.63) is 89.0 Å². The maximum Gasteiger partial charge on any atom is 0.337 e. The van der Waals surface area contributed by atoms with Gasteiger partial charge in [0, 0.05) is 17.5 Å². The van der Waals surface area contributed by atoms with Crippen LogP contribution in [0.5, 0.6) is 17.2 Å². The molecule has 2 heterocycles. The predicted octanol–water partition coefficient (Wildman–Crippen LogP) is 5.12. The van der Waals surface area contributed by atoms with Crippen LogP contribution in [0.1, 0.15) is 52.7 Å². The maximum atomic E-state index is 11.9.